The molecule has 0 saturated carbocycles. The average molecular weight is 442 g/mol. The lowest BCUT2D eigenvalue weighted by Gasteiger charge is -2.18. The smallest absolute Gasteiger partial charge is 0.322 e. The monoisotopic (exact) mass is 442 g/mol. The van der Waals surface area contributed by atoms with Gasteiger partial charge >= 0.3 is 5.97 Å². The molecule has 1 amide bonds. The number of carbonyl (C=O) groups is 2. The molecule has 0 aliphatic heterocycles. The topological polar surface area (TPSA) is 126 Å². The number of furan rings is 1. The molecule has 0 bridgehead atoms. The number of carbonyl (C=O) groups excluding carboxylic acids is 1. The molecule has 0 radical (unpaired) electrons. The second-order valence-electron chi connectivity index (χ2n) is 7.21. The summed E-state index contributed by atoms with van der Waals surface area (Å²) in [6, 6.07) is 15.1. The van der Waals surface area contributed by atoms with Crippen LogP contribution in [0.25, 0.3) is 11.1 Å². The molecule has 0 fully saturated rings. The first-order valence-corrected chi connectivity index (χ1v) is 11.0. The summed E-state index contributed by atoms with van der Waals surface area (Å²) < 4.78 is 32.3. The highest BCUT2D eigenvalue weighted by molar-refractivity contribution is 7.89. The third-order valence-corrected chi connectivity index (χ3v) is 6.06. The van der Waals surface area contributed by atoms with E-state index in [-0.39, 0.29) is 16.6 Å². The van der Waals surface area contributed by atoms with Gasteiger partial charge in [0.15, 0.2) is 5.76 Å². The van der Waals surface area contributed by atoms with Crippen LogP contribution in [0.3, 0.4) is 0 Å². The van der Waals surface area contributed by atoms with E-state index in [4.69, 9.17) is 4.42 Å². The van der Waals surface area contributed by atoms with Crippen molar-refractivity contribution < 1.29 is 27.5 Å². The van der Waals surface area contributed by atoms with Gasteiger partial charge in [0, 0.05) is 5.69 Å². The van der Waals surface area contributed by atoms with E-state index in [2.05, 4.69) is 10.0 Å². The summed E-state index contributed by atoms with van der Waals surface area (Å²) in [4.78, 5) is 23.3. The highest BCUT2D eigenvalue weighted by atomic mass is 32.2. The molecule has 1 atom stereocenters. The molecule has 0 spiro atoms. The molecule has 0 unspecified atom stereocenters. The first-order chi connectivity index (χ1) is 14.7. The molecule has 3 aromatic rings. The predicted molar refractivity (Wildman–Crippen MR) is 115 cm³/mol. The molecule has 0 saturated heterocycles. The number of nitrogens with one attached hydrogen (secondary N) is 2. The molecule has 31 heavy (non-hydrogen) atoms. The van der Waals surface area contributed by atoms with Crippen LogP contribution in [0.4, 0.5) is 5.69 Å². The number of carboxylic acids is 1. The van der Waals surface area contributed by atoms with E-state index in [0.717, 1.165) is 11.1 Å². The minimum Gasteiger partial charge on any atom is -0.480 e. The second kappa shape index (κ2) is 9.15. The van der Waals surface area contributed by atoms with Crippen LogP contribution in [0.15, 0.2) is 76.2 Å². The average Bonchev–Trinajstić information content (AvgIpc) is 3.27. The third-order valence-electron chi connectivity index (χ3n) is 4.60. The van der Waals surface area contributed by atoms with E-state index in [1.165, 1.54) is 18.4 Å². The van der Waals surface area contributed by atoms with Crippen LogP contribution in [-0.4, -0.2) is 31.4 Å². The maximum atomic E-state index is 12.5. The molecule has 0 aliphatic carbocycles. The second-order valence-corrected chi connectivity index (χ2v) is 8.93. The Morgan fingerprint density at radius 2 is 1.52 bits per heavy atom. The van der Waals surface area contributed by atoms with Crippen molar-refractivity contribution in [3.8, 4) is 11.1 Å². The lowest BCUT2D eigenvalue weighted by molar-refractivity contribution is -0.140. The molecule has 1 aromatic heterocycles. The van der Waals surface area contributed by atoms with Crippen molar-refractivity contribution in [1.29, 1.82) is 0 Å². The molecule has 2 aromatic carbocycles. The molecule has 8 nitrogen and oxygen atoms in total. The van der Waals surface area contributed by atoms with Gasteiger partial charge in [-0.2, -0.15) is 4.72 Å². The van der Waals surface area contributed by atoms with Crippen molar-refractivity contribution in [2.24, 2.45) is 5.92 Å². The number of benzene rings is 2. The van der Waals surface area contributed by atoms with E-state index in [0.29, 0.717) is 5.69 Å². The van der Waals surface area contributed by atoms with Crippen molar-refractivity contribution in [1.82, 2.24) is 4.72 Å². The number of anilines is 1. The fraction of sp³-hybridized carbons (Fsp3) is 0.182. The van der Waals surface area contributed by atoms with Gasteiger partial charge in [-0.1, -0.05) is 38.1 Å². The minimum absolute atomic E-state index is 0.0227. The first-order valence-electron chi connectivity index (χ1n) is 9.48. The number of sulfonamides is 1. The number of amides is 1. The first kappa shape index (κ1) is 22.3. The van der Waals surface area contributed by atoms with Gasteiger partial charge in [0.2, 0.25) is 10.0 Å². The molecular weight excluding hydrogens is 420 g/mol. The quantitative estimate of drug-likeness (QED) is 0.489. The zero-order chi connectivity index (χ0) is 22.6. The van der Waals surface area contributed by atoms with Gasteiger partial charge in [-0.25, -0.2) is 8.42 Å². The largest absolute Gasteiger partial charge is 0.480 e. The Morgan fingerprint density at radius 1 is 0.935 bits per heavy atom. The molecule has 3 rings (SSSR count). The number of hydrogen-bond donors (Lipinski definition) is 3. The maximum Gasteiger partial charge on any atom is 0.322 e. The zero-order valence-corrected chi connectivity index (χ0v) is 17.7. The summed E-state index contributed by atoms with van der Waals surface area (Å²) in [5.41, 5.74) is 2.17. The Balaban J connectivity index is 1.72. The standard InChI is InChI=1S/C22H22N2O6S/c1-14(2)20(22(26)27)24-31(28,29)18-11-7-16(8-12-18)15-5-9-17(10-6-15)23-21(25)19-4-3-13-30-19/h3-14,20,24H,1-2H3,(H,23,25)(H,26,27)/t20-/m0/s1. The van der Waals surface area contributed by atoms with Gasteiger partial charge in [-0.15, -0.1) is 0 Å². The summed E-state index contributed by atoms with van der Waals surface area (Å²) in [6.07, 6.45) is 1.42. The highest BCUT2D eigenvalue weighted by Crippen LogP contribution is 2.24. The van der Waals surface area contributed by atoms with Crippen LogP contribution in [0, 0.1) is 5.92 Å². The Hall–Kier alpha value is -3.43. The Morgan fingerprint density at radius 3 is 2.00 bits per heavy atom. The van der Waals surface area contributed by atoms with E-state index in [9.17, 15) is 23.1 Å². The summed E-state index contributed by atoms with van der Waals surface area (Å²) in [6.45, 7) is 3.26. The van der Waals surface area contributed by atoms with E-state index < -0.39 is 28.0 Å². The van der Waals surface area contributed by atoms with Crippen molar-refractivity contribution in [2.75, 3.05) is 5.32 Å². The number of hydrogen-bond acceptors (Lipinski definition) is 5. The number of rotatable bonds is 8. The lowest BCUT2D eigenvalue weighted by Crippen LogP contribution is -2.44. The van der Waals surface area contributed by atoms with Gasteiger partial charge in [-0.05, 0) is 53.4 Å². The molecule has 3 N–H and O–H groups in total. The van der Waals surface area contributed by atoms with Crippen molar-refractivity contribution in [3.63, 3.8) is 0 Å². The van der Waals surface area contributed by atoms with Crippen molar-refractivity contribution in [3.05, 3.63) is 72.7 Å². The highest BCUT2D eigenvalue weighted by Gasteiger charge is 2.27. The molecule has 0 aliphatic rings. The molecular formula is C22H22N2O6S. The number of aliphatic carboxylic acids is 1. The Bertz CT molecular complexity index is 1150. The van der Waals surface area contributed by atoms with Crippen LogP contribution < -0.4 is 10.0 Å². The Kier molecular flexibility index (Phi) is 6.57. The molecule has 1 heterocycles. The zero-order valence-electron chi connectivity index (χ0n) is 16.9. The van der Waals surface area contributed by atoms with E-state index in [1.807, 2.05) is 0 Å². The SMILES string of the molecule is CC(C)[C@H](NS(=O)(=O)c1ccc(-c2ccc(NC(=O)c3ccco3)cc2)cc1)C(=O)O. The van der Waals surface area contributed by atoms with Gasteiger partial charge in [0.05, 0.1) is 11.2 Å². The summed E-state index contributed by atoms with van der Waals surface area (Å²) in [5.74, 6) is -1.79. The van der Waals surface area contributed by atoms with Gasteiger partial charge < -0.3 is 14.8 Å². The van der Waals surface area contributed by atoms with Crippen LogP contribution in [0.2, 0.25) is 0 Å². The Labute approximate surface area is 180 Å². The van der Waals surface area contributed by atoms with Crippen molar-refractivity contribution in [2.45, 2.75) is 24.8 Å². The third kappa shape index (κ3) is 5.39. The molecule has 9 heteroatoms. The van der Waals surface area contributed by atoms with E-state index in [1.54, 1.807) is 62.4 Å². The summed E-state index contributed by atoms with van der Waals surface area (Å²) in [7, 11) is -3.98. The lowest BCUT2D eigenvalue weighted by atomic mass is 10.1. The van der Waals surface area contributed by atoms with E-state index >= 15 is 0 Å². The predicted octanol–water partition coefficient (Wildman–Crippen LogP) is 3.59. The minimum atomic E-state index is -3.98. The van der Waals surface area contributed by atoms with Gasteiger partial charge in [0.1, 0.15) is 6.04 Å². The normalized spacial score (nSPS) is 12.5. The molecule has 162 valence electrons. The summed E-state index contributed by atoms with van der Waals surface area (Å²) in [5, 5.41) is 11.9. The maximum absolute atomic E-state index is 12.5. The van der Waals surface area contributed by atoms with Crippen LogP contribution in [-0.2, 0) is 14.8 Å². The van der Waals surface area contributed by atoms with Crippen LogP contribution in [0.1, 0.15) is 24.4 Å². The van der Waals surface area contributed by atoms with Gasteiger partial charge in [0.25, 0.3) is 5.91 Å². The van der Waals surface area contributed by atoms with Crippen molar-refractivity contribution >= 4 is 27.6 Å². The summed E-state index contributed by atoms with van der Waals surface area (Å²) >= 11 is 0. The van der Waals surface area contributed by atoms with Gasteiger partial charge in [-0.3, -0.25) is 9.59 Å². The van der Waals surface area contributed by atoms with Crippen LogP contribution >= 0.6 is 0 Å². The fourth-order valence-corrected chi connectivity index (χ4v) is 4.22. The number of carboxylic acid groups (broad SMARTS) is 1. The van der Waals surface area contributed by atoms with Crippen LogP contribution in [0.5, 0.6) is 0 Å². The fourth-order valence-electron chi connectivity index (χ4n) is 2.88.